The number of aliphatic hydroxyl groups is 1. The molecule has 0 amide bonds. The van der Waals surface area contributed by atoms with Gasteiger partial charge in [-0.25, -0.2) is 0 Å². The van der Waals surface area contributed by atoms with Gasteiger partial charge in [-0.1, -0.05) is 11.6 Å². The van der Waals surface area contributed by atoms with Gasteiger partial charge in [0, 0.05) is 45.8 Å². The average Bonchev–Trinajstić information content (AvgIpc) is 2.53. The first-order valence-corrected chi connectivity index (χ1v) is 6.35. The van der Waals surface area contributed by atoms with Crippen LogP contribution in [0.5, 0.6) is 0 Å². The lowest BCUT2D eigenvalue weighted by Gasteiger charge is -2.23. The molecule has 0 saturated carbocycles. The van der Waals surface area contributed by atoms with E-state index in [1.165, 1.54) is 0 Å². The Hall–Kier alpha value is -0.620. The molecular weight excluding hydrogens is 254 g/mol. The molecule has 0 radical (unpaired) electrons. The Kier molecular flexibility index (Phi) is 5.59. The van der Waals surface area contributed by atoms with Crippen LogP contribution in [0.3, 0.4) is 0 Å². The van der Waals surface area contributed by atoms with E-state index in [9.17, 15) is 5.11 Å². The van der Waals surface area contributed by atoms with Gasteiger partial charge in [-0.05, 0) is 13.8 Å². The molecule has 1 rings (SSSR count). The molecule has 0 saturated heterocycles. The maximum absolute atomic E-state index is 10.1. The van der Waals surface area contributed by atoms with Gasteiger partial charge in [0.05, 0.1) is 11.3 Å². The SMILES string of the molecule is COCCC(C)(O)CNCc1c(C)nn(C)c1Cl. The summed E-state index contributed by atoms with van der Waals surface area (Å²) in [5.41, 5.74) is 1.10. The largest absolute Gasteiger partial charge is 0.389 e. The molecule has 1 aromatic heterocycles. The predicted octanol–water partition coefficient (Wildman–Crippen LogP) is 1.26. The summed E-state index contributed by atoms with van der Waals surface area (Å²) in [6.07, 6.45) is 0.594. The van der Waals surface area contributed by atoms with Crippen LogP contribution in [-0.4, -0.2) is 40.7 Å². The molecule has 1 unspecified atom stereocenters. The van der Waals surface area contributed by atoms with E-state index in [4.69, 9.17) is 16.3 Å². The zero-order chi connectivity index (χ0) is 13.8. The van der Waals surface area contributed by atoms with Gasteiger partial charge in [-0.3, -0.25) is 4.68 Å². The van der Waals surface area contributed by atoms with Crippen molar-refractivity contribution in [3.8, 4) is 0 Å². The highest BCUT2D eigenvalue weighted by Gasteiger charge is 2.20. The molecule has 0 aliphatic carbocycles. The maximum atomic E-state index is 10.1. The van der Waals surface area contributed by atoms with Crippen LogP contribution in [-0.2, 0) is 18.3 Å². The van der Waals surface area contributed by atoms with Crippen molar-refractivity contribution >= 4 is 11.6 Å². The monoisotopic (exact) mass is 275 g/mol. The second kappa shape index (κ2) is 6.52. The van der Waals surface area contributed by atoms with Crippen LogP contribution in [0.25, 0.3) is 0 Å². The third-order valence-corrected chi connectivity index (χ3v) is 3.39. The van der Waals surface area contributed by atoms with E-state index in [1.807, 2.05) is 14.0 Å². The standard InChI is InChI=1S/C12H22ClN3O2/c1-9-10(11(13)16(3)15-9)7-14-8-12(2,17)5-6-18-4/h14,17H,5-8H2,1-4H3. The van der Waals surface area contributed by atoms with Crippen molar-refractivity contribution in [3.05, 3.63) is 16.4 Å². The number of ether oxygens (including phenoxy) is 1. The van der Waals surface area contributed by atoms with E-state index in [1.54, 1.807) is 18.7 Å². The molecule has 0 aliphatic heterocycles. The Morgan fingerprint density at radius 1 is 1.56 bits per heavy atom. The molecule has 18 heavy (non-hydrogen) atoms. The second-order valence-electron chi connectivity index (χ2n) is 4.82. The van der Waals surface area contributed by atoms with Crippen molar-refractivity contribution in [1.82, 2.24) is 15.1 Å². The first kappa shape index (κ1) is 15.4. The van der Waals surface area contributed by atoms with Crippen molar-refractivity contribution in [3.63, 3.8) is 0 Å². The average molecular weight is 276 g/mol. The number of methoxy groups -OCH3 is 1. The molecular formula is C12H22ClN3O2. The number of hydrogen-bond donors (Lipinski definition) is 2. The van der Waals surface area contributed by atoms with Crippen molar-refractivity contribution < 1.29 is 9.84 Å². The van der Waals surface area contributed by atoms with Crippen LogP contribution in [0.1, 0.15) is 24.6 Å². The molecule has 0 bridgehead atoms. The molecule has 0 spiro atoms. The third kappa shape index (κ3) is 4.24. The quantitative estimate of drug-likeness (QED) is 0.787. The number of rotatable bonds is 7. The molecule has 2 N–H and O–H groups in total. The summed E-state index contributed by atoms with van der Waals surface area (Å²) >= 11 is 6.13. The summed E-state index contributed by atoms with van der Waals surface area (Å²) < 4.78 is 6.61. The Bertz CT molecular complexity index is 391. The summed E-state index contributed by atoms with van der Waals surface area (Å²) in [7, 11) is 3.44. The van der Waals surface area contributed by atoms with Gasteiger partial charge in [-0.2, -0.15) is 5.10 Å². The normalized spacial score (nSPS) is 14.8. The van der Waals surface area contributed by atoms with Gasteiger partial charge in [0.25, 0.3) is 0 Å². The van der Waals surface area contributed by atoms with Crippen LogP contribution in [0, 0.1) is 6.92 Å². The highest BCUT2D eigenvalue weighted by atomic mass is 35.5. The summed E-state index contributed by atoms with van der Waals surface area (Å²) in [6.45, 7) is 5.34. The molecule has 104 valence electrons. The molecule has 0 aliphatic rings. The Morgan fingerprint density at radius 2 is 2.22 bits per heavy atom. The van der Waals surface area contributed by atoms with Crippen molar-refractivity contribution in [1.29, 1.82) is 0 Å². The number of aromatic nitrogens is 2. The minimum Gasteiger partial charge on any atom is -0.389 e. The fourth-order valence-electron chi connectivity index (χ4n) is 1.74. The van der Waals surface area contributed by atoms with E-state index in [-0.39, 0.29) is 0 Å². The molecule has 6 heteroatoms. The number of hydrogen-bond acceptors (Lipinski definition) is 4. The van der Waals surface area contributed by atoms with Gasteiger partial charge in [-0.15, -0.1) is 0 Å². The smallest absolute Gasteiger partial charge is 0.131 e. The predicted molar refractivity (Wildman–Crippen MR) is 71.8 cm³/mol. The van der Waals surface area contributed by atoms with Gasteiger partial charge in [0.1, 0.15) is 5.15 Å². The molecule has 0 fully saturated rings. The fourth-order valence-corrected chi connectivity index (χ4v) is 1.98. The van der Waals surface area contributed by atoms with Crippen molar-refractivity contribution in [2.75, 3.05) is 20.3 Å². The number of halogens is 1. The van der Waals surface area contributed by atoms with Gasteiger partial charge >= 0.3 is 0 Å². The molecule has 0 aromatic carbocycles. The number of aryl methyl sites for hydroxylation is 2. The fraction of sp³-hybridized carbons (Fsp3) is 0.750. The third-order valence-electron chi connectivity index (χ3n) is 2.92. The van der Waals surface area contributed by atoms with E-state index in [2.05, 4.69) is 10.4 Å². The second-order valence-corrected chi connectivity index (χ2v) is 5.18. The van der Waals surface area contributed by atoms with Gasteiger partial charge < -0.3 is 15.2 Å². The highest BCUT2D eigenvalue weighted by Crippen LogP contribution is 2.18. The first-order valence-electron chi connectivity index (χ1n) is 5.97. The van der Waals surface area contributed by atoms with Crippen LogP contribution in [0.4, 0.5) is 0 Å². The van der Waals surface area contributed by atoms with E-state index in [0.717, 1.165) is 11.3 Å². The lowest BCUT2D eigenvalue weighted by Crippen LogP contribution is -2.38. The minimum absolute atomic E-state index is 0.487. The summed E-state index contributed by atoms with van der Waals surface area (Å²) in [5, 5.41) is 18.1. The molecule has 1 atom stereocenters. The van der Waals surface area contributed by atoms with Crippen LogP contribution in [0.15, 0.2) is 0 Å². The van der Waals surface area contributed by atoms with Crippen molar-refractivity contribution in [2.45, 2.75) is 32.4 Å². The molecule has 1 heterocycles. The van der Waals surface area contributed by atoms with Crippen LogP contribution < -0.4 is 5.32 Å². The maximum Gasteiger partial charge on any atom is 0.131 e. The zero-order valence-electron chi connectivity index (χ0n) is 11.5. The van der Waals surface area contributed by atoms with E-state index < -0.39 is 5.60 Å². The van der Waals surface area contributed by atoms with E-state index in [0.29, 0.717) is 31.3 Å². The summed E-state index contributed by atoms with van der Waals surface area (Å²) in [4.78, 5) is 0. The Balaban J connectivity index is 2.46. The first-order chi connectivity index (χ1) is 8.37. The Labute approximate surface area is 113 Å². The lowest BCUT2D eigenvalue weighted by atomic mass is 10.0. The van der Waals surface area contributed by atoms with Gasteiger partial charge in [0.15, 0.2) is 0 Å². The lowest BCUT2D eigenvalue weighted by molar-refractivity contribution is 0.0247. The molecule has 1 aromatic rings. The highest BCUT2D eigenvalue weighted by molar-refractivity contribution is 6.30. The summed E-state index contributed by atoms with van der Waals surface area (Å²) in [5.74, 6) is 0. The molecule has 5 nitrogen and oxygen atoms in total. The summed E-state index contributed by atoms with van der Waals surface area (Å²) in [6, 6.07) is 0. The number of nitrogens with zero attached hydrogens (tertiary/aromatic N) is 2. The number of nitrogens with one attached hydrogen (secondary N) is 1. The van der Waals surface area contributed by atoms with Crippen LogP contribution >= 0.6 is 11.6 Å². The van der Waals surface area contributed by atoms with Crippen LogP contribution in [0.2, 0.25) is 5.15 Å². The topological polar surface area (TPSA) is 59.3 Å². The van der Waals surface area contributed by atoms with Crippen molar-refractivity contribution in [2.24, 2.45) is 7.05 Å². The van der Waals surface area contributed by atoms with E-state index >= 15 is 0 Å². The minimum atomic E-state index is -0.779. The zero-order valence-corrected chi connectivity index (χ0v) is 12.2. The van der Waals surface area contributed by atoms with Gasteiger partial charge in [0.2, 0.25) is 0 Å². The Morgan fingerprint density at radius 3 is 2.72 bits per heavy atom.